The molecule has 21 heavy (non-hydrogen) atoms. The van der Waals surface area contributed by atoms with Crippen molar-refractivity contribution in [3.05, 3.63) is 28.2 Å². The number of primary sulfonamides is 1. The largest absolute Gasteiger partial charge is 0.291 e. The summed E-state index contributed by atoms with van der Waals surface area (Å²) in [6.07, 6.45) is 0. The van der Waals surface area contributed by atoms with E-state index >= 15 is 0 Å². The molecule has 2 N–H and O–H groups in total. The third-order valence-electron chi connectivity index (χ3n) is 2.74. The Morgan fingerprint density at radius 2 is 1.76 bits per heavy atom. The molecular weight excluding hydrogens is 335 g/mol. The molecule has 0 aliphatic heterocycles. The van der Waals surface area contributed by atoms with E-state index in [1.807, 2.05) is 20.8 Å². The van der Waals surface area contributed by atoms with Crippen LogP contribution in [0.25, 0.3) is 11.4 Å². The lowest BCUT2D eigenvalue weighted by Gasteiger charge is -2.24. The molecule has 0 saturated carbocycles. The molecule has 1 aromatic heterocycles. The molecule has 114 valence electrons. The average Bonchev–Trinajstić information content (AvgIpc) is 2.76. The van der Waals surface area contributed by atoms with Crippen LogP contribution in [0.5, 0.6) is 0 Å². The van der Waals surface area contributed by atoms with Gasteiger partial charge in [0.1, 0.15) is 0 Å². The zero-order chi connectivity index (χ0) is 16.0. The summed E-state index contributed by atoms with van der Waals surface area (Å²) in [6.45, 7) is 5.48. The summed E-state index contributed by atoms with van der Waals surface area (Å²) in [7, 11) is -3.99. The number of nitrogens with two attached hydrogens (primary N) is 1. The Hall–Kier alpha value is -1.15. The highest BCUT2D eigenvalue weighted by Gasteiger charge is 2.29. The molecule has 0 spiro atoms. The Morgan fingerprint density at radius 1 is 1.14 bits per heavy atom. The van der Waals surface area contributed by atoms with E-state index in [9.17, 15) is 8.42 Å². The third-order valence-corrected chi connectivity index (χ3v) is 4.25. The number of hydrogen-bond donors (Lipinski definition) is 1. The first kappa shape index (κ1) is 16.2. The molecule has 0 saturated heterocycles. The molecule has 0 radical (unpaired) electrons. The minimum atomic E-state index is -3.99. The van der Waals surface area contributed by atoms with Gasteiger partial charge in [-0.25, -0.2) is 13.6 Å². The summed E-state index contributed by atoms with van der Waals surface area (Å²) in [4.78, 5) is 0. The van der Waals surface area contributed by atoms with Crippen LogP contribution in [0.15, 0.2) is 23.4 Å². The van der Waals surface area contributed by atoms with Crippen LogP contribution in [0, 0.1) is 0 Å². The van der Waals surface area contributed by atoms with E-state index in [1.54, 1.807) is 18.2 Å². The fraction of sp³-hybridized carbons (Fsp3) is 0.333. The molecule has 9 heteroatoms. The summed E-state index contributed by atoms with van der Waals surface area (Å²) < 4.78 is 24.8. The summed E-state index contributed by atoms with van der Waals surface area (Å²) in [6, 6.07) is 4.90. The van der Waals surface area contributed by atoms with E-state index in [1.165, 1.54) is 4.57 Å². The third kappa shape index (κ3) is 3.21. The Kier molecular flexibility index (Phi) is 4.05. The van der Waals surface area contributed by atoms with Gasteiger partial charge in [-0.15, -0.1) is 10.2 Å². The van der Waals surface area contributed by atoms with Crippen molar-refractivity contribution in [3.8, 4) is 11.4 Å². The second kappa shape index (κ2) is 5.24. The minimum Gasteiger partial charge on any atom is -0.291 e. The molecule has 0 atom stereocenters. The highest BCUT2D eigenvalue weighted by Crippen LogP contribution is 2.31. The fourth-order valence-electron chi connectivity index (χ4n) is 1.88. The summed E-state index contributed by atoms with van der Waals surface area (Å²) >= 11 is 11.9. The number of hydrogen-bond acceptors (Lipinski definition) is 4. The number of nitrogens with zero attached hydrogens (tertiary/aromatic N) is 3. The van der Waals surface area contributed by atoms with Crippen LogP contribution >= 0.6 is 23.2 Å². The first-order valence-electron chi connectivity index (χ1n) is 5.96. The van der Waals surface area contributed by atoms with Crippen LogP contribution in [0.3, 0.4) is 0 Å². The van der Waals surface area contributed by atoms with Crippen molar-refractivity contribution >= 4 is 33.2 Å². The van der Waals surface area contributed by atoms with E-state index in [0.717, 1.165) is 0 Å². The monoisotopic (exact) mass is 348 g/mol. The van der Waals surface area contributed by atoms with Gasteiger partial charge >= 0.3 is 0 Å². The van der Waals surface area contributed by atoms with Crippen LogP contribution in [-0.4, -0.2) is 23.2 Å². The molecule has 0 unspecified atom stereocenters. The lowest BCUT2D eigenvalue weighted by Crippen LogP contribution is -2.29. The molecule has 2 aromatic rings. The van der Waals surface area contributed by atoms with E-state index < -0.39 is 15.6 Å². The van der Waals surface area contributed by atoms with Gasteiger partial charge in [-0.05, 0) is 39.0 Å². The molecule has 0 amide bonds. The number of rotatable bonds is 2. The zero-order valence-corrected chi connectivity index (χ0v) is 14.0. The normalized spacial score (nSPS) is 12.7. The smallest absolute Gasteiger partial charge is 0.273 e. The van der Waals surface area contributed by atoms with E-state index in [-0.39, 0.29) is 5.16 Å². The maximum absolute atomic E-state index is 11.7. The second-order valence-corrected chi connectivity index (χ2v) is 7.76. The predicted octanol–water partition coefficient (Wildman–Crippen LogP) is 2.65. The molecule has 1 aromatic carbocycles. The highest BCUT2D eigenvalue weighted by molar-refractivity contribution is 7.89. The van der Waals surface area contributed by atoms with Gasteiger partial charge in [0, 0.05) is 11.1 Å². The van der Waals surface area contributed by atoms with Crippen molar-refractivity contribution in [2.24, 2.45) is 5.14 Å². The van der Waals surface area contributed by atoms with Gasteiger partial charge < -0.3 is 0 Å². The molecule has 2 rings (SSSR count). The quantitative estimate of drug-likeness (QED) is 0.902. The van der Waals surface area contributed by atoms with Crippen molar-refractivity contribution in [3.63, 3.8) is 0 Å². The molecule has 6 nitrogen and oxygen atoms in total. The first-order valence-corrected chi connectivity index (χ1v) is 8.26. The van der Waals surface area contributed by atoms with Crippen molar-refractivity contribution < 1.29 is 8.42 Å². The van der Waals surface area contributed by atoms with E-state index in [4.69, 9.17) is 28.3 Å². The van der Waals surface area contributed by atoms with Gasteiger partial charge in [-0.2, -0.15) is 0 Å². The Balaban J connectivity index is 2.76. The van der Waals surface area contributed by atoms with Crippen molar-refractivity contribution in [1.29, 1.82) is 0 Å². The SMILES string of the molecule is CC(C)(C)n1c(-c2ccc(Cl)c(Cl)c2)nnc1S(N)(=O)=O. The lowest BCUT2D eigenvalue weighted by atomic mass is 10.1. The predicted molar refractivity (Wildman–Crippen MR) is 81.8 cm³/mol. The Bertz CT molecular complexity index is 794. The molecule has 1 heterocycles. The van der Waals surface area contributed by atoms with Gasteiger partial charge in [-0.3, -0.25) is 4.57 Å². The summed E-state index contributed by atoms with van der Waals surface area (Å²) in [5, 5.41) is 13.3. The first-order chi connectivity index (χ1) is 9.51. The molecule has 0 fully saturated rings. The van der Waals surface area contributed by atoms with Gasteiger partial charge in [0.05, 0.1) is 10.0 Å². The zero-order valence-electron chi connectivity index (χ0n) is 11.6. The number of sulfonamides is 1. The van der Waals surface area contributed by atoms with Crippen LogP contribution < -0.4 is 5.14 Å². The van der Waals surface area contributed by atoms with Gasteiger partial charge in [0.2, 0.25) is 0 Å². The molecule has 0 aliphatic carbocycles. The molecule has 0 bridgehead atoms. The topological polar surface area (TPSA) is 90.9 Å². The van der Waals surface area contributed by atoms with Crippen molar-refractivity contribution in [1.82, 2.24) is 14.8 Å². The highest BCUT2D eigenvalue weighted by atomic mass is 35.5. The van der Waals surface area contributed by atoms with Gasteiger partial charge in [-0.1, -0.05) is 23.2 Å². The Labute approximate surface area is 132 Å². The van der Waals surface area contributed by atoms with Gasteiger partial charge in [0.15, 0.2) is 5.82 Å². The fourth-order valence-corrected chi connectivity index (χ4v) is 2.95. The van der Waals surface area contributed by atoms with Gasteiger partial charge in [0.25, 0.3) is 15.2 Å². The molecular formula is C12H14Cl2N4O2S. The van der Waals surface area contributed by atoms with Crippen LogP contribution in [0.4, 0.5) is 0 Å². The van der Waals surface area contributed by atoms with E-state index in [0.29, 0.717) is 21.4 Å². The number of benzene rings is 1. The number of aromatic nitrogens is 3. The van der Waals surface area contributed by atoms with Crippen molar-refractivity contribution in [2.75, 3.05) is 0 Å². The van der Waals surface area contributed by atoms with Crippen LogP contribution in [-0.2, 0) is 15.6 Å². The number of halogens is 2. The maximum atomic E-state index is 11.7. The van der Waals surface area contributed by atoms with Crippen LogP contribution in [0.1, 0.15) is 20.8 Å². The molecule has 0 aliphatic rings. The summed E-state index contributed by atoms with van der Waals surface area (Å²) in [5.41, 5.74) is 0.00826. The second-order valence-electron chi connectivity index (χ2n) is 5.49. The van der Waals surface area contributed by atoms with E-state index in [2.05, 4.69) is 10.2 Å². The standard InChI is InChI=1S/C12H14Cl2N4O2S/c1-12(2,3)18-10(16-17-11(18)21(15,19)20)7-4-5-8(13)9(14)6-7/h4-6H,1-3H3,(H2,15,19,20). The maximum Gasteiger partial charge on any atom is 0.273 e. The minimum absolute atomic E-state index is 0.295. The lowest BCUT2D eigenvalue weighted by molar-refractivity contribution is 0.366. The Morgan fingerprint density at radius 3 is 2.24 bits per heavy atom. The van der Waals surface area contributed by atoms with Crippen LogP contribution in [0.2, 0.25) is 10.0 Å². The van der Waals surface area contributed by atoms with Crippen molar-refractivity contribution in [2.45, 2.75) is 31.5 Å². The average molecular weight is 349 g/mol. The summed E-state index contributed by atoms with van der Waals surface area (Å²) in [5.74, 6) is 0.352.